The third-order valence-electron chi connectivity index (χ3n) is 3.84. The van der Waals surface area contributed by atoms with Crippen LogP contribution in [0.4, 0.5) is 11.4 Å². The molecule has 0 aliphatic rings. The van der Waals surface area contributed by atoms with Crippen LogP contribution in [0, 0.1) is 0 Å². The summed E-state index contributed by atoms with van der Waals surface area (Å²) >= 11 is 6.05. The van der Waals surface area contributed by atoms with E-state index in [0.717, 1.165) is 0 Å². The van der Waals surface area contributed by atoms with E-state index in [0.29, 0.717) is 27.7 Å². The van der Waals surface area contributed by atoms with Crippen molar-refractivity contribution in [1.29, 1.82) is 0 Å². The Kier molecular flexibility index (Phi) is 6.24. The van der Waals surface area contributed by atoms with Gasteiger partial charge in [0.25, 0.3) is 11.8 Å². The molecule has 1 heterocycles. The zero-order chi connectivity index (χ0) is 19.9. The van der Waals surface area contributed by atoms with Crippen molar-refractivity contribution in [3.8, 4) is 5.75 Å². The third-order valence-corrected chi connectivity index (χ3v) is 4.15. The van der Waals surface area contributed by atoms with Gasteiger partial charge in [0.2, 0.25) is 0 Å². The molecule has 0 fully saturated rings. The number of amides is 2. The normalized spacial score (nSPS) is 11.4. The minimum absolute atomic E-state index is 0.263. The highest BCUT2D eigenvalue weighted by Crippen LogP contribution is 2.24. The topological polar surface area (TPSA) is 80.3 Å². The maximum Gasteiger partial charge on any atom is 0.265 e. The van der Waals surface area contributed by atoms with Crippen LogP contribution in [0.1, 0.15) is 17.3 Å². The predicted molar refractivity (Wildman–Crippen MR) is 109 cm³/mol. The van der Waals surface area contributed by atoms with Crippen LogP contribution in [-0.2, 0) is 4.79 Å². The minimum Gasteiger partial charge on any atom is -0.479 e. The number of hydrogen-bond donors (Lipinski definition) is 2. The summed E-state index contributed by atoms with van der Waals surface area (Å²) in [6.07, 6.45) is 2.34. The number of para-hydroxylation sites is 1. The van der Waals surface area contributed by atoms with Crippen LogP contribution in [0.5, 0.6) is 5.75 Å². The Bertz CT molecular complexity index is 979. The largest absolute Gasteiger partial charge is 0.479 e. The average Bonchev–Trinajstić information content (AvgIpc) is 2.70. The van der Waals surface area contributed by atoms with E-state index in [-0.39, 0.29) is 11.8 Å². The lowest BCUT2D eigenvalue weighted by atomic mass is 10.2. The number of benzene rings is 2. The second-order valence-electron chi connectivity index (χ2n) is 5.95. The van der Waals surface area contributed by atoms with Gasteiger partial charge in [-0.1, -0.05) is 29.8 Å². The van der Waals surface area contributed by atoms with E-state index in [4.69, 9.17) is 16.3 Å². The fourth-order valence-electron chi connectivity index (χ4n) is 2.41. The van der Waals surface area contributed by atoms with Gasteiger partial charge in [0, 0.05) is 29.3 Å². The lowest BCUT2D eigenvalue weighted by molar-refractivity contribution is -0.122. The summed E-state index contributed by atoms with van der Waals surface area (Å²) < 4.78 is 5.61. The van der Waals surface area contributed by atoms with Crippen molar-refractivity contribution < 1.29 is 14.3 Å². The maximum atomic E-state index is 12.4. The Balaban J connectivity index is 1.63. The number of carbonyl (C=O) groups is 2. The second-order valence-corrected chi connectivity index (χ2v) is 6.36. The summed E-state index contributed by atoms with van der Waals surface area (Å²) in [7, 11) is 0. The Hall–Kier alpha value is -3.38. The molecule has 2 N–H and O–H groups in total. The molecule has 3 rings (SSSR count). The molecule has 0 saturated carbocycles. The first-order valence-corrected chi connectivity index (χ1v) is 8.94. The molecule has 3 aromatic rings. The van der Waals surface area contributed by atoms with Gasteiger partial charge < -0.3 is 15.4 Å². The number of nitrogens with one attached hydrogen (secondary N) is 2. The molecule has 2 aromatic carbocycles. The van der Waals surface area contributed by atoms with Crippen molar-refractivity contribution in [3.63, 3.8) is 0 Å². The number of ether oxygens (including phenoxy) is 1. The smallest absolute Gasteiger partial charge is 0.265 e. The molecule has 0 radical (unpaired) electrons. The first-order valence-electron chi connectivity index (χ1n) is 8.56. The van der Waals surface area contributed by atoms with Crippen molar-refractivity contribution in [2.24, 2.45) is 0 Å². The zero-order valence-corrected chi connectivity index (χ0v) is 15.8. The van der Waals surface area contributed by atoms with E-state index in [9.17, 15) is 9.59 Å². The molecule has 1 unspecified atom stereocenters. The lowest BCUT2D eigenvalue weighted by Crippen LogP contribution is -2.30. The zero-order valence-electron chi connectivity index (χ0n) is 15.1. The highest BCUT2D eigenvalue weighted by molar-refractivity contribution is 6.32. The number of hydrogen-bond acceptors (Lipinski definition) is 4. The van der Waals surface area contributed by atoms with Gasteiger partial charge in [-0.2, -0.15) is 0 Å². The van der Waals surface area contributed by atoms with Gasteiger partial charge in [0.05, 0.1) is 5.02 Å². The summed E-state index contributed by atoms with van der Waals surface area (Å²) in [4.78, 5) is 28.5. The van der Waals surface area contributed by atoms with Crippen molar-refractivity contribution in [2.45, 2.75) is 13.0 Å². The SMILES string of the molecule is CC(Oc1ccccc1Cl)C(=O)Nc1cccc(NC(=O)c2ccncc2)c1. The number of aromatic nitrogens is 1. The Morgan fingerprint density at radius 2 is 1.64 bits per heavy atom. The monoisotopic (exact) mass is 395 g/mol. The maximum absolute atomic E-state index is 12.4. The first kappa shape index (κ1) is 19.4. The molecule has 1 aromatic heterocycles. The fourth-order valence-corrected chi connectivity index (χ4v) is 2.59. The van der Waals surface area contributed by atoms with E-state index in [2.05, 4.69) is 15.6 Å². The van der Waals surface area contributed by atoms with Gasteiger partial charge in [-0.15, -0.1) is 0 Å². The highest BCUT2D eigenvalue weighted by Gasteiger charge is 2.16. The average molecular weight is 396 g/mol. The molecule has 0 aliphatic carbocycles. The number of rotatable bonds is 6. The van der Waals surface area contributed by atoms with Crippen LogP contribution in [0.2, 0.25) is 5.02 Å². The van der Waals surface area contributed by atoms with E-state index in [1.165, 1.54) is 0 Å². The molecule has 0 spiro atoms. The number of nitrogens with zero attached hydrogens (tertiary/aromatic N) is 1. The van der Waals surface area contributed by atoms with Gasteiger partial charge in [-0.25, -0.2) is 0 Å². The Morgan fingerprint density at radius 1 is 0.964 bits per heavy atom. The van der Waals surface area contributed by atoms with Crippen molar-refractivity contribution in [2.75, 3.05) is 10.6 Å². The predicted octanol–water partition coefficient (Wildman–Crippen LogP) is 4.39. The fraction of sp³-hybridized carbons (Fsp3) is 0.0952. The van der Waals surface area contributed by atoms with Crippen LogP contribution in [0.15, 0.2) is 73.1 Å². The van der Waals surface area contributed by atoms with Crippen LogP contribution in [0.25, 0.3) is 0 Å². The molecule has 0 saturated heterocycles. The lowest BCUT2D eigenvalue weighted by Gasteiger charge is -2.16. The Labute approximate surface area is 167 Å². The molecule has 7 heteroatoms. The number of halogens is 1. The van der Waals surface area contributed by atoms with Gasteiger partial charge >= 0.3 is 0 Å². The standard InChI is InChI=1S/C21H18ClN3O3/c1-14(28-19-8-3-2-7-18(19)22)20(26)24-16-5-4-6-17(13-16)25-21(27)15-9-11-23-12-10-15/h2-14H,1H3,(H,24,26)(H,25,27). The quantitative estimate of drug-likeness (QED) is 0.648. The Morgan fingerprint density at radius 3 is 2.36 bits per heavy atom. The summed E-state index contributed by atoms with van der Waals surface area (Å²) in [5.41, 5.74) is 1.58. The summed E-state index contributed by atoms with van der Waals surface area (Å²) in [6, 6.07) is 17.0. The molecule has 2 amide bonds. The summed E-state index contributed by atoms with van der Waals surface area (Å²) in [5, 5.41) is 5.98. The van der Waals surface area contributed by atoms with E-state index >= 15 is 0 Å². The van der Waals surface area contributed by atoms with Gasteiger partial charge in [0.1, 0.15) is 5.75 Å². The van der Waals surface area contributed by atoms with E-state index in [1.54, 1.807) is 80.0 Å². The molecule has 6 nitrogen and oxygen atoms in total. The number of anilines is 2. The minimum atomic E-state index is -0.755. The van der Waals surface area contributed by atoms with Crippen LogP contribution < -0.4 is 15.4 Å². The molecular formula is C21H18ClN3O3. The molecule has 142 valence electrons. The first-order chi connectivity index (χ1) is 13.5. The highest BCUT2D eigenvalue weighted by atomic mass is 35.5. The van der Waals surface area contributed by atoms with Crippen LogP contribution >= 0.6 is 11.6 Å². The second kappa shape index (κ2) is 9.01. The number of pyridine rings is 1. The third kappa shape index (κ3) is 5.08. The van der Waals surface area contributed by atoms with Crippen molar-refractivity contribution in [1.82, 2.24) is 4.98 Å². The summed E-state index contributed by atoms with van der Waals surface area (Å²) in [5.74, 6) is -0.163. The van der Waals surface area contributed by atoms with Gasteiger partial charge in [-0.05, 0) is 49.4 Å². The molecule has 1 atom stereocenters. The van der Waals surface area contributed by atoms with Crippen LogP contribution in [0.3, 0.4) is 0 Å². The van der Waals surface area contributed by atoms with E-state index < -0.39 is 6.10 Å². The van der Waals surface area contributed by atoms with Gasteiger partial charge in [0.15, 0.2) is 6.10 Å². The van der Waals surface area contributed by atoms with Crippen molar-refractivity contribution in [3.05, 3.63) is 83.6 Å². The molecule has 0 aliphatic heterocycles. The molecule has 0 bridgehead atoms. The van der Waals surface area contributed by atoms with Crippen molar-refractivity contribution >= 4 is 34.8 Å². The van der Waals surface area contributed by atoms with Gasteiger partial charge in [-0.3, -0.25) is 14.6 Å². The molecule has 28 heavy (non-hydrogen) atoms. The molecular weight excluding hydrogens is 378 g/mol. The summed E-state index contributed by atoms with van der Waals surface area (Å²) in [6.45, 7) is 1.63. The number of carbonyl (C=O) groups excluding carboxylic acids is 2. The van der Waals surface area contributed by atoms with Crippen LogP contribution in [-0.4, -0.2) is 22.9 Å². The van der Waals surface area contributed by atoms with E-state index in [1.807, 2.05) is 0 Å².